The van der Waals surface area contributed by atoms with Gasteiger partial charge >= 0.3 is 0 Å². The van der Waals surface area contributed by atoms with Crippen molar-refractivity contribution in [2.75, 3.05) is 13.1 Å². The lowest BCUT2D eigenvalue weighted by Crippen LogP contribution is -2.32. The largest absolute Gasteiger partial charge is 0.356 e. The smallest absolute Gasteiger partial charge is 0.227 e. The molecule has 2 N–H and O–H groups in total. The minimum absolute atomic E-state index is 0.0767. The molecule has 0 heterocycles. The second kappa shape index (κ2) is 12.0. The Labute approximate surface area is 168 Å². The average Bonchev–Trinajstić information content (AvgIpc) is 2.73. The monoisotopic (exact) mass is 380 g/mol. The van der Waals surface area contributed by atoms with Gasteiger partial charge < -0.3 is 10.6 Å². The highest BCUT2D eigenvalue weighted by Crippen LogP contribution is 2.20. The van der Waals surface area contributed by atoms with Gasteiger partial charge in [0.1, 0.15) is 0 Å². The summed E-state index contributed by atoms with van der Waals surface area (Å²) in [5.74, 6) is -0.0464. The number of unbranched alkanes of at least 4 members (excludes halogenated alkanes) is 1. The van der Waals surface area contributed by atoms with Crippen LogP contribution in [-0.2, 0) is 9.59 Å². The molecule has 2 unspecified atom stereocenters. The van der Waals surface area contributed by atoms with Crippen molar-refractivity contribution in [3.8, 4) is 0 Å². The second-order valence-electron chi connectivity index (χ2n) is 7.03. The van der Waals surface area contributed by atoms with Crippen molar-refractivity contribution >= 4 is 11.8 Å². The van der Waals surface area contributed by atoms with Gasteiger partial charge in [-0.3, -0.25) is 9.59 Å². The van der Waals surface area contributed by atoms with Crippen LogP contribution in [0.5, 0.6) is 0 Å². The van der Waals surface area contributed by atoms with E-state index in [1.54, 1.807) is 0 Å². The predicted molar refractivity (Wildman–Crippen MR) is 114 cm³/mol. The van der Waals surface area contributed by atoms with Gasteiger partial charge in [-0.15, -0.1) is 0 Å². The number of hydrogen-bond acceptors (Lipinski definition) is 2. The molecular weight excluding hydrogens is 348 g/mol. The van der Waals surface area contributed by atoms with E-state index in [9.17, 15) is 9.59 Å². The Morgan fingerprint density at radius 3 is 1.36 bits per heavy atom. The zero-order valence-corrected chi connectivity index (χ0v) is 17.0. The molecule has 0 spiro atoms. The lowest BCUT2D eigenvalue weighted by Gasteiger charge is -2.16. The normalized spacial score (nSPS) is 12.8. The molecule has 2 aromatic carbocycles. The first-order valence-electron chi connectivity index (χ1n) is 10.3. The number of rotatable bonds is 11. The van der Waals surface area contributed by atoms with Crippen LogP contribution in [0.15, 0.2) is 60.7 Å². The van der Waals surface area contributed by atoms with Crippen molar-refractivity contribution in [1.29, 1.82) is 0 Å². The zero-order valence-electron chi connectivity index (χ0n) is 17.0. The van der Waals surface area contributed by atoms with Gasteiger partial charge in [-0.25, -0.2) is 0 Å². The molecule has 0 aromatic heterocycles. The SMILES string of the molecule is CCC(C(=O)NCCCCNC(=O)C(CC)c1ccccc1)c1ccccc1. The topological polar surface area (TPSA) is 58.2 Å². The van der Waals surface area contributed by atoms with Crippen molar-refractivity contribution in [3.63, 3.8) is 0 Å². The maximum absolute atomic E-state index is 12.4. The maximum Gasteiger partial charge on any atom is 0.227 e. The van der Waals surface area contributed by atoms with Crippen molar-refractivity contribution in [2.45, 2.75) is 51.4 Å². The van der Waals surface area contributed by atoms with Crippen molar-refractivity contribution in [2.24, 2.45) is 0 Å². The molecule has 4 nitrogen and oxygen atoms in total. The number of hydrogen-bond donors (Lipinski definition) is 2. The third-order valence-electron chi connectivity index (χ3n) is 5.06. The van der Waals surface area contributed by atoms with E-state index in [4.69, 9.17) is 0 Å². The molecule has 4 heteroatoms. The molecule has 0 aliphatic heterocycles. The quantitative estimate of drug-likeness (QED) is 0.568. The van der Waals surface area contributed by atoms with E-state index >= 15 is 0 Å². The Kier molecular flexibility index (Phi) is 9.26. The zero-order chi connectivity index (χ0) is 20.2. The molecule has 28 heavy (non-hydrogen) atoms. The molecule has 0 radical (unpaired) electrons. The highest BCUT2D eigenvalue weighted by molar-refractivity contribution is 5.84. The van der Waals surface area contributed by atoms with Crippen LogP contribution in [0.4, 0.5) is 0 Å². The summed E-state index contributed by atoms with van der Waals surface area (Å²) in [5.41, 5.74) is 2.11. The Balaban J connectivity index is 1.67. The molecule has 2 atom stereocenters. The molecule has 0 aliphatic carbocycles. The van der Waals surface area contributed by atoms with E-state index in [-0.39, 0.29) is 23.7 Å². The van der Waals surface area contributed by atoms with E-state index in [2.05, 4.69) is 10.6 Å². The highest BCUT2D eigenvalue weighted by atomic mass is 16.2. The van der Waals surface area contributed by atoms with E-state index < -0.39 is 0 Å². The molecule has 0 fully saturated rings. The molecule has 0 aliphatic rings. The first-order valence-corrected chi connectivity index (χ1v) is 10.3. The standard InChI is InChI=1S/C24H32N2O2/c1-3-21(19-13-7-5-8-14-19)23(27)25-17-11-12-18-26-24(28)22(4-2)20-15-9-6-10-16-20/h5-10,13-16,21-22H,3-4,11-12,17-18H2,1-2H3,(H,25,27)(H,26,28). The van der Waals surface area contributed by atoms with Crippen LogP contribution in [-0.4, -0.2) is 24.9 Å². The number of nitrogens with one attached hydrogen (secondary N) is 2. The van der Waals surface area contributed by atoms with Crippen LogP contribution in [0.25, 0.3) is 0 Å². The van der Waals surface area contributed by atoms with Gasteiger partial charge in [0.15, 0.2) is 0 Å². The van der Waals surface area contributed by atoms with Crippen LogP contribution >= 0.6 is 0 Å². The van der Waals surface area contributed by atoms with Crippen LogP contribution in [0, 0.1) is 0 Å². The van der Waals surface area contributed by atoms with Crippen molar-refractivity contribution in [3.05, 3.63) is 71.8 Å². The number of carbonyl (C=O) groups is 2. The third-order valence-corrected chi connectivity index (χ3v) is 5.06. The lowest BCUT2D eigenvalue weighted by atomic mass is 9.95. The fourth-order valence-corrected chi connectivity index (χ4v) is 3.44. The maximum atomic E-state index is 12.4. The Morgan fingerprint density at radius 2 is 1.04 bits per heavy atom. The number of amides is 2. The molecule has 0 saturated heterocycles. The van der Waals surface area contributed by atoms with Gasteiger partial charge in [-0.05, 0) is 36.8 Å². The van der Waals surface area contributed by atoms with Crippen LogP contribution in [0.2, 0.25) is 0 Å². The summed E-state index contributed by atoms with van der Waals surface area (Å²) < 4.78 is 0. The fourth-order valence-electron chi connectivity index (χ4n) is 3.44. The van der Waals surface area contributed by atoms with E-state index in [1.165, 1.54) is 0 Å². The molecule has 0 saturated carbocycles. The van der Waals surface area contributed by atoms with Gasteiger partial charge in [0.25, 0.3) is 0 Å². The van der Waals surface area contributed by atoms with Crippen molar-refractivity contribution < 1.29 is 9.59 Å². The van der Waals surface area contributed by atoms with E-state index in [0.717, 1.165) is 36.8 Å². The van der Waals surface area contributed by atoms with Crippen LogP contribution in [0.3, 0.4) is 0 Å². The van der Waals surface area contributed by atoms with Crippen molar-refractivity contribution in [1.82, 2.24) is 10.6 Å². The third kappa shape index (κ3) is 6.52. The summed E-state index contributed by atoms with van der Waals surface area (Å²) in [6.45, 7) is 5.33. The lowest BCUT2D eigenvalue weighted by molar-refractivity contribution is -0.123. The van der Waals surface area contributed by atoms with Crippen LogP contribution in [0.1, 0.15) is 62.5 Å². The Hall–Kier alpha value is -2.62. The summed E-state index contributed by atoms with van der Waals surface area (Å²) >= 11 is 0. The second-order valence-corrected chi connectivity index (χ2v) is 7.03. The van der Waals surface area contributed by atoms with Gasteiger partial charge in [0.05, 0.1) is 11.8 Å². The molecule has 2 rings (SSSR count). The molecule has 2 aromatic rings. The first kappa shape index (κ1) is 21.7. The molecule has 150 valence electrons. The highest BCUT2D eigenvalue weighted by Gasteiger charge is 2.18. The van der Waals surface area contributed by atoms with Crippen LogP contribution < -0.4 is 10.6 Å². The van der Waals surface area contributed by atoms with Gasteiger partial charge in [-0.1, -0.05) is 74.5 Å². The summed E-state index contributed by atoms with van der Waals surface area (Å²) in [4.78, 5) is 24.8. The summed E-state index contributed by atoms with van der Waals surface area (Å²) in [5, 5.41) is 6.06. The summed E-state index contributed by atoms with van der Waals surface area (Å²) in [6.07, 6.45) is 3.26. The van der Waals surface area contributed by atoms with E-state index in [1.807, 2.05) is 74.5 Å². The molecule has 0 bridgehead atoms. The Morgan fingerprint density at radius 1 is 0.679 bits per heavy atom. The first-order chi connectivity index (χ1) is 13.7. The number of carbonyl (C=O) groups excluding carboxylic acids is 2. The minimum atomic E-state index is -0.0999. The minimum Gasteiger partial charge on any atom is -0.356 e. The van der Waals surface area contributed by atoms with Gasteiger partial charge in [-0.2, -0.15) is 0 Å². The molecule has 2 amide bonds. The van der Waals surface area contributed by atoms with Gasteiger partial charge in [0, 0.05) is 13.1 Å². The summed E-state index contributed by atoms with van der Waals surface area (Å²) in [7, 11) is 0. The van der Waals surface area contributed by atoms with Gasteiger partial charge in [0.2, 0.25) is 11.8 Å². The fraction of sp³-hybridized carbons (Fsp3) is 0.417. The van der Waals surface area contributed by atoms with E-state index in [0.29, 0.717) is 13.1 Å². The Bertz CT molecular complexity index is 652. The number of benzene rings is 2. The summed E-state index contributed by atoms with van der Waals surface area (Å²) in [6, 6.07) is 19.8. The average molecular weight is 381 g/mol. The molecular formula is C24H32N2O2. The predicted octanol–water partition coefficient (Wildman–Crippen LogP) is 4.39.